The first-order valence-corrected chi connectivity index (χ1v) is 10.2. The zero-order chi connectivity index (χ0) is 20.4. The minimum atomic E-state index is -1.09. The van der Waals surface area contributed by atoms with Gasteiger partial charge in [-0.2, -0.15) is 0 Å². The zero-order valence-electron chi connectivity index (χ0n) is 15.4. The van der Waals surface area contributed by atoms with Gasteiger partial charge in [-0.25, -0.2) is 9.18 Å². The number of carbonyl (C=O) groups is 3. The van der Waals surface area contributed by atoms with Crippen LogP contribution in [0.3, 0.4) is 0 Å². The molecule has 1 heterocycles. The number of nitrogens with zero attached hydrogens (tertiary/aromatic N) is 1. The molecule has 1 aromatic rings. The minimum absolute atomic E-state index is 0.0916. The second-order valence-corrected chi connectivity index (χ2v) is 8.65. The maximum absolute atomic E-state index is 14.5. The Bertz CT molecular complexity index is 739. The molecule has 1 aliphatic heterocycles. The fraction of sp³-hybridized carbons (Fsp3) is 0.500. The van der Waals surface area contributed by atoms with Crippen molar-refractivity contribution in [2.45, 2.75) is 43.0 Å². The van der Waals surface area contributed by atoms with Crippen LogP contribution in [0.15, 0.2) is 24.3 Å². The van der Waals surface area contributed by atoms with Gasteiger partial charge in [0.1, 0.15) is 16.7 Å². The Morgan fingerprint density at radius 3 is 2.37 bits per heavy atom. The van der Waals surface area contributed by atoms with Gasteiger partial charge in [0.05, 0.1) is 18.5 Å². The van der Waals surface area contributed by atoms with Gasteiger partial charge in [0.15, 0.2) is 5.37 Å². The predicted octanol–water partition coefficient (Wildman–Crippen LogP) is 3.05. The number of alkyl halides is 1. The molecule has 1 amide bonds. The van der Waals surface area contributed by atoms with Crippen molar-refractivity contribution in [1.29, 1.82) is 0 Å². The summed E-state index contributed by atoms with van der Waals surface area (Å²) < 4.78 is 24.7. The van der Waals surface area contributed by atoms with Crippen molar-refractivity contribution in [1.82, 2.24) is 4.90 Å². The largest absolute Gasteiger partial charge is 0.468 e. The fourth-order valence-electron chi connectivity index (χ4n) is 2.78. The molecular weight excluding hydrogens is 441 g/mol. The number of rotatable bonds is 4. The third-order valence-corrected chi connectivity index (χ3v) is 5.68. The van der Waals surface area contributed by atoms with Crippen molar-refractivity contribution < 1.29 is 28.2 Å². The highest BCUT2D eigenvalue weighted by molar-refractivity contribution is 9.09. The number of thioether (sulfide) groups is 1. The summed E-state index contributed by atoms with van der Waals surface area (Å²) in [6, 6.07) is 4.85. The van der Waals surface area contributed by atoms with Gasteiger partial charge in [-0.15, -0.1) is 11.8 Å². The lowest BCUT2D eigenvalue weighted by molar-refractivity contribution is -0.161. The number of carbonyl (C=O) groups excluding carboxylic acids is 3. The molecule has 27 heavy (non-hydrogen) atoms. The smallest absolute Gasteiger partial charge is 0.340 e. The molecule has 148 valence electrons. The highest BCUT2D eigenvalue weighted by atomic mass is 79.9. The third kappa shape index (κ3) is 4.82. The van der Waals surface area contributed by atoms with E-state index in [0.717, 1.165) is 11.8 Å². The molecule has 0 aliphatic carbocycles. The van der Waals surface area contributed by atoms with Gasteiger partial charge in [-0.1, -0.05) is 34.1 Å². The summed E-state index contributed by atoms with van der Waals surface area (Å²) in [7, 11) is 1.21. The van der Waals surface area contributed by atoms with Crippen molar-refractivity contribution in [3.8, 4) is 0 Å². The number of hydrogen-bond acceptors (Lipinski definition) is 6. The van der Waals surface area contributed by atoms with E-state index in [-0.39, 0.29) is 10.9 Å². The van der Waals surface area contributed by atoms with E-state index in [2.05, 4.69) is 15.9 Å². The summed E-state index contributed by atoms with van der Waals surface area (Å²) in [5.74, 6) is -2.35. The van der Waals surface area contributed by atoms with E-state index in [4.69, 9.17) is 9.47 Å². The average molecular weight is 462 g/mol. The Hall–Kier alpha value is -1.61. The van der Waals surface area contributed by atoms with Crippen LogP contribution in [0.25, 0.3) is 0 Å². The molecule has 0 radical (unpaired) electrons. The zero-order valence-corrected chi connectivity index (χ0v) is 17.8. The number of ether oxygens (including phenoxy) is 2. The lowest BCUT2D eigenvalue weighted by Crippen LogP contribution is -2.45. The molecule has 0 saturated carbocycles. The van der Waals surface area contributed by atoms with Crippen LogP contribution in [-0.2, 0) is 23.9 Å². The summed E-state index contributed by atoms with van der Waals surface area (Å²) in [5, 5.41) is -2.15. The van der Waals surface area contributed by atoms with Gasteiger partial charge in [0.25, 0.3) is 0 Å². The maximum Gasteiger partial charge on any atom is 0.340 e. The number of methoxy groups -OCH3 is 1. The van der Waals surface area contributed by atoms with Gasteiger partial charge in [0, 0.05) is 5.56 Å². The van der Waals surface area contributed by atoms with Crippen molar-refractivity contribution in [3.05, 3.63) is 35.6 Å². The third-order valence-electron chi connectivity index (χ3n) is 3.78. The molecule has 6 nitrogen and oxygen atoms in total. The summed E-state index contributed by atoms with van der Waals surface area (Å²) >= 11 is 4.02. The SMILES string of the molecule is COC(=O)[C@H]1S[C@@H](C(=O)OC(C)(C)C)N(C(=O)CBr)[C@H]1c1ccccc1F. The fourth-order valence-corrected chi connectivity index (χ4v) is 4.52. The van der Waals surface area contributed by atoms with Crippen LogP contribution < -0.4 is 0 Å². The number of hydrogen-bond donors (Lipinski definition) is 0. The predicted molar refractivity (Wildman–Crippen MR) is 103 cm³/mol. The molecule has 1 saturated heterocycles. The summed E-state index contributed by atoms with van der Waals surface area (Å²) in [6.07, 6.45) is 0. The normalized spacial score (nSPS) is 22.4. The van der Waals surface area contributed by atoms with Crippen molar-refractivity contribution in [2.24, 2.45) is 0 Å². The first kappa shape index (κ1) is 21.7. The molecule has 0 bridgehead atoms. The van der Waals surface area contributed by atoms with Gasteiger partial charge in [-0.05, 0) is 26.8 Å². The summed E-state index contributed by atoms with van der Waals surface area (Å²) in [5.41, 5.74) is -0.641. The summed E-state index contributed by atoms with van der Waals surface area (Å²) in [6.45, 7) is 5.11. The Kier molecular flexibility index (Phi) is 6.91. The molecule has 0 spiro atoms. The molecule has 1 aromatic carbocycles. The molecule has 0 N–H and O–H groups in total. The highest BCUT2D eigenvalue weighted by Gasteiger charge is 2.53. The quantitative estimate of drug-likeness (QED) is 0.506. The minimum Gasteiger partial charge on any atom is -0.468 e. The van der Waals surface area contributed by atoms with Crippen molar-refractivity contribution >= 4 is 45.5 Å². The molecule has 0 unspecified atom stereocenters. The Morgan fingerprint density at radius 1 is 1.22 bits per heavy atom. The average Bonchev–Trinajstić information content (AvgIpc) is 2.99. The topological polar surface area (TPSA) is 72.9 Å². The van der Waals surface area contributed by atoms with E-state index in [1.807, 2.05) is 0 Å². The van der Waals surface area contributed by atoms with Crippen LogP contribution in [0, 0.1) is 5.82 Å². The standard InChI is InChI=1S/C18H21BrFNO5S/c1-18(2,3)26-17(24)15-21(12(22)9-19)13(14(27-15)16(23)25-4)10-7-5-6-8-11(10)20/h5-8,13-15H,9H2,1-4H3/t13-,14-,15-/m0/s1. The van der Waals surface area contributed by atoms with Crippen molar-refractivity contribution in [2.75, 3.05) is 12.4 Å². The number of amides is 1. The first-order valence-electron chi connectivity index (χ1n) is 8.18. The van der Waals surface area contributed by atoms with E-state index >= 15 is 0 Å². The van der Waals surface area contributed by atoms with Crippen molar-refractivity contribution in [3.63, 3.8) is 0 Å². The van der Waals surface area contributed by atoms with E-state index in [1.165, 1.54) is 30.2 Å². The van der Waals surface area contributed by atoms with E-state index in [1.54, 1.807) is 26.8 Å². The number of esters is 2. The van der Waals surface area contributed by atoms with Gasteiger partial charge < -0.3 is 14.4 Å². The van der Waals surface area contributed by atoms with Crippen LogP contribution in [0.2, 0.25) is 0 Å². The van der Waals surface area contributed by atoms with Gasteiger partial charge >= 0.3 is 11.9 Å². The second kappa shape index (κ2) is 8.60. The van der Waals surface area contributed by atoms with E-state index in [0.29, 0.717) is 0 Å². The number of halogens is 2. The molecule has 1 aliphatic rings. The van der Waals surface area contributed by atoms with Gasteiger partial charge in [-0.3, -0.25) is 9.59 Å². The van der Waals surface area contributed by atoms with Crippen LogP contribution >= 0.6 is 27.7 Å². The van der Waals surface area contributed by atoms with Crippen LogP contribution in [0.5, 0.6) is 0 Å². The highest BCUT2D eigenvalue weighted by Crippen LogP contribution is 2.46. The van der Waals surface area contributed by atoms with Gasteiger partial charge in [0.2, 0.25) is 5.91 Å². The Morgan fingerprint density at radius 2 is 1.85 bits per heavy atom. The lowest BCUT2D eigenvalue weighted by Gasteiger charge is -2.30. The molecular formula is C18H21BrFNO5S. The molecule has 3 atom stereocenters. The van der Waals surface area contributed by atoms with Crippen LogP contribution in [0.1, 0.15) is 32.4 Å². The Labute approximate surface area is 169 Å². The first-order chi connectivity index (χ1) is 12.6. The Balaban J connectivity index is 2.54. The number of benzene rings is 1. The second-order valence-electron chi connectivity index (χ2n) is 6.87. The molecule has 0 aromatic heterocycles. The molecule has 9 heteroatoms. The van der Waals surface area contributed by atoms with Crippen LogP contribution in [0.4, 0.5) is 4.39 Å². The summed E-state index contributed by atoms with van der Waals surface area (Å²) in [4.78, 5) is 38.9. The van der Waals surface area contributed by atoms with Crippen LogP contribution in [-0.4, -0.2) is 51.4 Å². The van der Waals surface area contributed by atoms with E-state index < -0.39 is 45.9 Å². The van der Waals surface area contributed by atoms with E-state index in [9.17, 15) is 18.8 Å². The molecule has 2 rings (SSSR count). The maximum atomic E-state index is 14.5. The lowest BCUT2D eigenvalue weighted by atomic mass is 10.0. The monoisotopic (exact) mass is 461 g/mol. The molecule has 1 fully saturated rings.